The van der Waals surface area contributed by atoms with Crippen LogP contribution in [0.2, 0.25) is 0 Å². The summed E-state index contributed by atoms with van der Waals surface area (Å²) in [5, 5.41) is 81.2. The number of aliphatic hydroxyl groups is 2. The number of hydrogen-bond acceptors (Lipinski definition) is 23. The maximum Gasteiger partial charge on any atom is 0.317 e. The topological polar surface area (TPSA) is 587 Å². The van der Waals surface area contributed by atoms with Gasteiger partial charge in [0.2, 0.25) is 70.9 Å². The van der Waals surface area contributed by atoms with Crippen LogP contribution < -0.4 is 64.6 Å². The number of aromatic amines is 2. The smallest absolute Gasteiger partial charge is 0.317 e. The SMILES string of the molecule is CSCC[C@H](NC(=O)[C@H](CC(C)C)NC(=O)[C@H](Cc1c[nH]cn1)NC(=O)CNC(=O)[C@H](C)NC(=O)[C@H](C)NC(=O)[C@H](Cc1c[nH]c2ccccc12)NC(=O)[C@H](CCC(N)=O)NC(=O)CC[C@@H](C)[C@H]1CCC2C3C(C[C@H](O)[C@@]21C)[C@@]1(C)CC[C@H](NC(=O)CNC(=O)CN2CCN(CC(=O)O)CCN(CC(=O)O)CCN(CC(=O)O)CC2)C[C@H]1C[C@H]3O)C(N)=O. The second kappa shape index (κ2) is 46.2. The third-order valence-corrected chi connectivity index (χ3v) is 26.4. The number of nitrogens with one attached hydrogen (secondary N) is 12. The van der Waals surface area contributed by atoms with E-state index in [1.54, 1.807) is 37.9 Å². The van der Waals surface area contributed by atoms with Crippen LogP contribution in [0.15, 0.2) is 43.0 Å². The van der Waals surface area contributed by atoms with Gasteiger partial charge in [0.05, 0.1) is 63.5 Å². The standard InChI is InChI=1S/C83H129N19O20S/c1-46(2)31-61(80(121)96-59(75(85)116)20-30-123-8)97-81(122)63(35-53-38-86-45-90-53)95-69(108)40-89-76(117)48(4)91-77(118)49(5)92-79(120)62(32-50-37-87-58-12-10-9-11-54(50)58)98-78(119)60(16-17-66(84)105)94-67(106)18-13-47(3)55-14-15-56-74-57(36-65(104)83(55,56)7)82(6)21-19-52(33-51(82)34-64(74)103)93-68(107)39-88-70(109)41-99-22-24-100(42-71(110)111)26-28-102(44-73(114)115)29-27-101(25-23-99)43-72(112)113/h9-12,37-38,45-49,51-52,55-57,59-65,74,87,103-104H,13-36,39-44H2,1-8H3,(H2,84,105)(H2,85,116)(H,86,90)(H,88,109)(H,89,117)(H,91,118)(H,92,120)(H,93,107)(H,94,106)(H,95,108)(H,96,121)(H,97,122)(H,98,119)(H,110,111)(H,112,113)(H,114,115)/t47-,48+,49+,51+,52+,55-,56?,57?,59+,60+,61+,62+,63+,64-,65+,74?,82+,83-/m1/s1. The van der Waals surface area contributed by atoms with E-state index in [1.165, 1.54) is 38.1 Å². The number of nitrogens with two attached hydrogens (primary N) is 2. The minimum atomic E-state index is -1.41. The molecule has 5 fully saturated rings. The van der Waals surface area contributed by atoms with Gasteiger partial charge in [-0.3, -0.25) is 91.5 Å². The molecular weight excluding hydrogens is 1620 g/mol. The summed E-state index contributed by atoms with van der Waals surface area (Å²) in [4.78, 5) is 215. The number of aliphatic hydroxyl groups excluding tert-OH is 2. The van der Waals surface area contributed by atoms with Crippen molar-refractivity contribution in [3.05, 3.63) is 54.2 Å². The summed E-state index contributed by atoms with van der Waals surface area (Å²) in [5.41, 5.74) is 12.0. The number of amides is 12. The van der Waals surface area contributed by atoms with Gasteiger partial charge < -0.3 is 100 Å². The predicted molar refractivity (Wildman–Crippen MR) is 452 cm³/mol. The minimum absolute atomic E-state index is 0.00633. The molecule has 2 aromatic heterocycles. The molecule has 3 unspecified atom stereocenters. The third kappa shape index (κ3) is 28.6. The van der Waals surface area contributed by atoms with E-state index >= 15 is 0 Å². The van der Waals surface area contributed by atoms with Gasteiger partial charge in [0.25, 0.3) is 0 Å². The number of imidazole rings is 1. The quantitative estimate of drug-likeness (QED) is 0.0288. The Morgan fingerprint density at radius 2 is 1.11 bits per heavy atom. The number of fused-ring (bicyclic) bond motifs is 6. The summed E-state index contributed by atoms with van der Waals surface area (Å²) in [6.07, 6.45) is 9.03. The molecule has 4 aliphatic carbocycles. The number of aliphatic carboxylic acids is 3. The second-order valence-electron chi connectivity index (χ2n) is 35.0. The number of carboxylic acid groups (broad SMARTS) is 3. The van der Waals surface area contributed by atoms with Crippen LogP contribution in [0.4, 0.5) is 0 Å². The highest BCUT2D eigenvalue weighted by atomic mass is 32.2. The van der Waals surface area contributed by atoms with E-state index < -0.39 is 155 Å². The fraction of sp³-hybridized carbons (Fsp3) is 0.687. The van der Waals surface area contributed by atoms with Gasteiger partial charge in [0.15, 0.2) is 0 Å². The summed E-state index contributed by atoms with van der Waals surface area (Å²) in [6, 6.07) is -1.94. The van der Waals surface area contributed by atoms with Crippen LogP contribution in [-0.4, -0.2) is 313 Å². The number of carboxylic acids is 3. The van der Waals surface area contributed by atoms with Crippen molar-refractivity contribution in [3.63, 3.8) is 0 Å². The van der Waals surface area contributed by atoms with Gasteiger partial charge in [-0.15, -0.1) is 0 Å². The van der Waals surface area contributed by atoms with Gasteiger partial charge in [-0.05, 0) is 160 Å². The first kappa shape index (κ1) is 98.6. The van der Waals surface area contributed by atoms with Crippen LogP contribution in [0.1, 0.15) is 143 Å². The highest BCUT2D eigenvalue weighted by molar-refractivity contribution is 7.98. The lowest BCUT2D eigenvalue weighted by molar-refractivity contribution is -0.202. The number of H-pyrrole nitrogens is 2. The van der Waals surface area contributed by atoms with Gasteiger partial charge >= 0.3 is 17.9 Å². The lowest BCUT2D eigenvalue weighted by atomic mass is 9.43. The van der Waals surface area contributed by atoms with E-state index in [9.17, 15) is 97.5 Å². The molecule has 123 heavy (non-hydrogen) atoms. The zero-order chi connectivity index (χ0) is 90.2. The third-order valence-electron chi connectivity index (χ3n) is 25.8. The molecule has 8 rings (SSSR count). The summed E-state index contributed by atoms with van der Waals surface area (Å²) in [5.74, 6) is -11.8. The largest absolute Gasteiger partial charge is 0.480 e. The lowest BCUT2D eigenvalue weighted by Crippen LogP contribution is -2.63. The summed E-state index contributed by atoms with van der Waals surface area (Å²) < 4.78 is 0. The number of thioether (sulfide) groups is 1. The Bertz CT molecular complexity index is 4140. The molecule has 12 amide bonds. The Hall–Kier alpha value is -9.87. The van der Waals surface area contributed by atoms with Crippen molar-refractivity contribution in [1.82, 2.24) is 87.7 Å². The molecule has 3 aromatic rings. The van der Waals surface area contributed by atoms with E-state index in [4.69, 9.17) is 11.5 Å². The Morgan fingerprint density at radius 3 is 1.71 bits per heavy atom. The molecule has 0 bridgehead atoms. The average Bonchev–Trinajstić information content (AvgIpc) is 1.63. The molecule has 1 saturated heterocycles. The molecule has 4 saturated carbocycles. The normalized spacial score (nSPS) is 24.8. The maximum absolute atomic E-state index is 14.6. The highest BCUT2D eigenvalue weighted by Gasteiger charge is 2.66. The van der Waals surface area contributed by atoms with Crippen molar-refractivity contribution >= 4 is 111 Å². The summed E-state index contributed by atoms with van der Waals surface area (Å²) >= 11 is 1.46. The van der Waals surface area contributed by atoms with E-state index in [0.29, 0.717) is 55.5 Å². The molecule has 3 heterocycles. The molecule has 5 aliphatic rings. The molecule has 682 valence electrons. The molecule has 18 atom stereocenters. The Balaban J connectivity index is 0.831. The Kier molecular flexibility index (Phi) is 37.0. The number of primary amides is 2. The first-order chi connectivity index (χ1) is 58.2. The first-order valence-corrected chi connectivity index (χ1v) is 44.1. The Morgan fingerprint density at radius 1 is 0.561 bits per heavy atom. The number of nitrogens with zero attached hydrogens (tertiary/aromatic N) is 5. The molecule has 0 spiro atoms. The number of aromatic nitrogens is 3. The number of para-hydroxylation sites is 1. The van der Waals surface area contributed by atoms with Gasteiger partial charge in [-0.1, -0.05) is 52.8 Å². The number of carbonyl (C=O) groups is 15. The number of hydrogen-bond donors (Lipinski definition) is 19. The zero-order valence-corrected chi connectivity index (χ0v) is 72.5. The maximum atomic E-state index is 14.6. The van der Waals surface area contributed by atoms with E-state index in [2.05, 4.69) is 82.0 Å². The Labute approximate surface area is 720 Å². The second-order valence-corrected chi connectivity index (χ2v) is 35.9. The van der Waals surface area contributed by atoms with E-state index in [-0.39, 0.29) is 183 Å². The number of rotatable bonds is 43. The molecule has 40 heteroatoms. The average molecular weight is 1750 g/mol. The molecule has 0 radical (unpaired) electrons. The molecule has 39 nitrogen and oxygen atoms in total. The van der Waals surface area contributed by atoms with Crippen LogP contribution in [0, 0.1) is 52.3 Å². The highest BCUT2D eigenvalue weighted by Crippen LogP contribution is 2.68. The van der Waals surface area contributed by atoms with Gasteiger partial charge in [-0.25, -0.2) is 4.98 Å². The zero-order valence-electron chi connectivity index (χ0n) is 71.7. The molecule has 1 aromatic carbocycles. The fourth-order valence-corrected chi connectivity index (χ4v) is 19.6. The number of carbonyl (C=O) groups excluding carboxylic acids is 12. The summed E-state index contributed by atoms with van der Waals surface area (Å²) in [6.45, 7) is 12.3. The van der Waals surface area contributed by atoms with Crippen molar-refractivity contribution in [2.24, 2.45) is 63.7 Å². The lowest BCUT2D eigenvalue weighted by Gasteiger charge is -2.63. The molecule has 1 aliphatic heterocycles. The number of benzene rings is 1. The first-order valence-electron chi connectivity index (χ1n) is 42.7. The predicted octanol–water partition coefficient (Wildman–Crippen LogP) is -2.13. The van der Waals surface area contributed by atoms with Crippen molar-refractivity contribution in [3.8, 4) is 0 Å². The van der Waals surface area contributed by atoms with Crippen LogP contribution in [0.3, 0.4) is 0 Å². The van der Waals surface area contributed by atoms with Crippen LogP contribution in [0.25, 0.3) is 10.9 Å². The van der Waals surface area contributed by atoms with Crippen LogP contribution in [0.5, 0.6) is 0 Å². The van der Waals surface area contributed by atoms with Crippen molar-refractivity contribution in [2.45, 2.75) is 205 Å². The van der Waals surface area contributed by atoms with Crippen molar-refractivity contribution in [1.29, 1.82) is 0 Å². The van der Waals surface area contributed by atoms with Crippen molar-refractivity contribution in [2.75, 3.05) is 104 Å². The molecule has 21 N–H and O–H groups in total. The van der Waals surface area contributed by atoms with E-state index in [0.717, 1.165) is 23.7 Å². The molecular formula is C83H129N19O20S. The van der Waals surface area contributed by atoms with Gasteiger partial charge in [-0.2, -0.15) is 11.8 Å². The van der Waals surface area contributed by atoms with E-state index in [1.807, 2.05) is 39.2 Å². The monoisotopic (exact) mass is 1740 g/mol. The minimum Gasteiger partial charge on any atom is -0.480 e. The van der Waals surface area contributed by atoms with Crippen LogP contribution in [-0.2, 0) is 84.8 Å². The van der Waals surface area contributed by atoms with Crippen LogP contribution >= 0.6 is 11.8 Å². The van der Waals surface area contributed by atoms with Crippen molar-refractivity contribution < 1.29 is 97.5 Å². The van der Waals surface area contributed by atoms with Gasteiger partial charge in [0.1, 0.15) is 42.3 Å². The fourth-order valence-electron chi connectivity index (χ4n) is 19.1. The summed E-state index contributed by atoms with van der Waals surface area (Å²) in [7, 11) is 0. The van der Waals surface area contributed by atoms with Gasteiger partial charge in [0, 0.05) is 107 Å².